The van der Waals surface area contributed by atoms with Gasteiger partial charge in [0.05, 0.1) is 46.5 Å². The van der Waals surface area contributed by atoms with Crippen molar-refractivity contribution in [2.24, 2.45) is 0 Å². The van der Waals surface area contributed by atoms with E-state index in [9.17, 15) is 18.0 Å². The Morgan fingerprint density at radius 3 is 2.61 bits per heavy atom. The molecule has 0 aliphatic rings. The highest BCUT2D eigenvalue weighted by molar-refractivity contribution is 6.30. The standard InChI is InChI=1S/C21H24ClF3N6O2/c1-11(2)30-16-5-15(13-8-29-31-10-12(22)6-27-18(13)31)26-7-14(16)19(32)28-9-17(23)21(3,4)33-20(24)25/h5-8,10-11,17,20H,9H2,1-4H3,(H,26,30)(H,28,32)/t17-/m1/s1. The van der Waals surface area contributed by atoms with Crippen LogP contribution in [0.3, 0.4) is 0 Å². The summed E-state index contributed by atoms with van der Waals surface area (Å²) in [6.45, 7) is 2.52. The van der Waals surface area contributed by atoms with Crippen molar-refractivity contribution in [3.8, 4) is 11.3 Å². The van der Waals surface area contributed by atoms with Crippen molar-refractivity contribution in [2.45, 2.75) is 52.1 Å². The van der Waals surface area contributed by atoms with Crippen LogP contribution in [0.25, 0.3) is 16.9 Å². The van der Waals surface area contributed by atoms with E-state index in [4.69, 9.17) is 11.6 Å². The minimum atomic E-state index is -3.13. The molecule has 12 heteroatoms. The Morgan fingerprint density at radius 2 is 1.94 bits per heavy atom. The topological polar surface area (TPSA) is 93.4 Å². The Labute approximate surface area is 193 Å². The molecule has 3 aromatic rings. The molecule has 0 bridgehead atoms. The Bertz CT molecular complexity index is 1140. The summed E-state index contributed by atoms with van der Waals surface area (Å²) in [6.07, 6.45) is 4.17. The molecule has 2 N–H and O–H groups in total. The summed E-state index contributed by atoms with van der Waals surface area (Å²) in [4.78, 5) is 21.4. The fourth-order valence-corrected chi connectivity index (χ4v) is 3.21. The smallest absolute Gasteiger partial charge is 0.345 e. The molecule has 1 atom stereocenters. The molecule has 0 fully saturated rings. The Morgan fingerprint density at radius 1 is 1.21 bits per heavy atom. The Kier molecular flexibility index (Phi) is 7.43. The number of fused-ring (bicyclic) bond motifs is 1. The van der Waals surface area contributed by atoms with E-state index in [1.54, 1.807) is 18.5 Å². The minimum Gasteiger partial charge on any atom is -0.382 e. The third-order valence-electron chi connectivity index (χ3n) is 4.78. The summed E-state index contributed by atoms with van der Waals surface area (Å²) < 4.78 is 45.2. The van der Waals surface area contributed by atoms with Crippen molar-refractivity contribution in [3.63, 3.8) is 0 Å². The van der Waals surface area contributed by atoms with Crippen molar-refractivity contribution in [3.05, 3.63) is 41.4 Å². The first-order valence-electron chi connectivity index (χ1n) is 10.1. The number of rotatable bonds is 9. The molecular formula is C21H24ClF3N6O2. The van der Waals surface area contributed by atoms with Crippen LogP contribution >= 0.6 is 11.6 Å². The van der Waals surface area contributed by atoms with Gasteiger partial charge in [0, 0.05) is 18.4 Å². The molecule has 33 heavy (non-hydrogen) atoms. The van der Waals surface area contributed by atoms with Crippen LogP contribution in [-0.2, 0) is 4.74 Å². The fourth-order valence-electron chi connectivity index (χ4n) is 3.07. The second-order valence-electron chi connectivity index (χ2n) is 8.17. The van der Waals surface area contributed by atoms with Crippen LogP contribution in [-0.4, -0.2) is 56.5 Å². The molecular weight excluding hydrogens is 461 g/mol. The average Bonchev–Trinajstić information content (AvgIpc) is 3.13. The van der Waals surface area contributed by atoms with Crippen LogP contribution in [0.2, 0.25) is 5.02 Å². The van der Waals surface area contributed by atoms with E-state index >= 15 is 0 Å². The molecule has 8 nitrogen and oxygen atoms in total. The third kappa shape index (κ3) is 5.91. The maximum absolute atomic E-state index is 14.4. The van der Waals surface area contributed by atoms with Crippen LogP contribution < -0.4 is 10.6 Å². The number of nitrogens with one attached hydrogen (secondary N) is 2. The lowest BCUT2D eigenvalue weighted by Crippen LogP contribution is -2.45. The molecule has 0 saturated heterocycles. The fraction of sp³-hybridized carbons (Fsp3) is 0.429. The second kappa shape index (κ2) is 9.92. The maximum atomic E-state index is 14.4. The van der Waals surface area contributed by atoms with Crippen LogP contribution in [0.15, 0.2) is 30.9 Å². The van der Waals surface area contributed by atoms with E-state index in [1.165, 1.54) is 30.8 Å². The lowest BCUT2D eigenvalue weighted by molar-refractivity contribution is -0.215. The van der Waals surface area contributed by atoms with E-state index < -0.39 is 30.8 Å². The predicted octanol–water partition coefficient (Wildman–Crippen LogP) is 4.35. The molecule has 0 radical (unpaired) electrons. The molecule has 0 saturated carbocycles. The number of hydrogen-bond donors (Lipinski definition) is 2. The largest absolute Gasteiger partial charge is 0.382 e. The van der Waals surface area contributed by atoms with Crippen molar-refractivity contribution in [1.82, 2.24) is 24.9 Å². The first-order chi connectivity index (χ1) is 15.5. The number of alkyl halides is 3. The molecule has 0 aliphatic carbocycles. The number of carbonyl (C=O) groups excluding carboxylic acids is 1. The molecule has 0 aliphatic heterocycles. The summed E-state index contributed by atoms with van der Waals surface area (Å²) >= 11 is 5.95. The van der Waals surface area contributed by atoms with Gasteiger partial charge in [-0.25, -0.2) is 13.9 Å². The van der Waals surface area contributed by atoms with Crippen LogP contribution in [0.1, 0.15) is 38.1 Å². The summed E-state index contributed by atoms with van der Waals surface area (Å²) in [6, 6.07) is 1.64. The summed E-state index contributed by atoms with van der Waals surface area (Å²) in [5, 5.41) is 10.2. The lowest BCUT2D eigenvalue weighted by atomic mass is 10.0. The quantitative estimate of drug-likeness (QED) is 0.469. The van der Waals surface area contributed by atoms with Gasteiger partial charge in [0.15, 0.2) is 5.65 Å². The van der Waals surface area contributed by atoms with E-state index in [1.807, 2.05) is 13.8 Å². The van der Waals surface area contributed by atoms with Gasteiger partial charge in [-0.1, -0.05) is 11.6 Å². The van der Waals surface area contributed by atoms with E-state index in [0.29, 0.717) is 27.6 Å². The molecule has 1 amide bonds. The summed E-state index contributed by atoms with van der Waals surface area (Å²) in [5.41, 5.74) is 0.511. The average molecular weight is 485 g/mol. The van der Waals surface area contributed by atoms with Crippen molar-refractivity contribution >= 4 is 28.8 Å². The van der Waals surface area contributed by atoms with Gasteiger partial charge >= 0.3 is 6.61 Å². The van der Waals surface area contributed by atoms with Crippen LogP contribution in [0.4, 0.5) is 18.9 Å². The number of pyridine rings is 1. The first-order valence-corrected chi connectivity index (χ1v) is 10.5. The summed E-state index contributed by atoms with van der Waals surface area (Å²) in [7, 11) is 0. The van der Waals surface area contributed by atoms with Crippen molar-refractivity contribution in [1.29, 1.82) is 0 Å². The first kappa shape index (κ1) is 24.7. The predicted molar refractivity (Wildman–Crippen MR) is 118 cm³/mol. The van der Waals surface area contributed by atoms with Gasteiger partial charge in [0.1, 0.15) is 11.8 Å². The zero-order valence-corrected chi connectivity index (χ0v) is 19.2. The Balaban J connectivity index is 1.85. The number of carbonyl (C=O) groups is 1. The maximum Gasteiger partial charge on any atom is 0.345 e. The van der Waals surface area contributed by atoms with Crippen molar-refractivity contribution < 1.29 is 22.7 Å². The molecule has 0 aromatic carbocycles. The van der Waals surface area contributed by atoms with Gasteiger partial charge < -0.3 is 15.4 Å². The van der Waals surface area contributed by atoms with Crippen LogP contribution in [0.5, 0.6) is 0 Å². The highest BCUT2D eigenvalue weighted by Gasteiger charge is 2.34. The van der Waals surface area contributed by atoms with E-state index in [2.05, 4.69) is 30.4 Å². The van der Waals surface area contributed by atoms with Gasteiger partial charge in [0.2, 0.25) is 0 Å². The Hall–Kier alpha value is -2.92. The number of nitrogens with zero attached hydrogens (tertiary/aromatic N) is 4. The lowest BCUT2D eigenvalue weighted by Gasteiger charge is -2.28. The second-order valence-corrected chi connectivity index (χ2v) is 8.61. The highest BCUT2D eigenvalue weighted by Crippen LogP contribution is 2.27. The van der Waals surface area contributed by atoms with Crippen LogP contribution in [0, 0.1) is 0 Å². The number of amides is 1. The van der Waals surface area contributed by atoms with Gasteiger partial charge in [0.25, 0.3) is 5.91 Å². The van der Waals surface area contributed by atoms with E-state index in [-0.39, 0.29) is 11.6 Å². The number of halogens is 4. The normalized spacial score (nSPS) is 13.0. The zero-order valence-electron chi connectivity index (χ0n) is 18.4. The molecule has 178 valence electrons. The van der Waals surface area contributed by atoms with Gasteiger partial charge in [-0.3, -0.25) is 9.78 Å². The monoisotopic (exact) mass is 484 g/mol. The molecule has 3 aromatic heterocycles. The number of aromatic nitrogens is 4. The summed E-state index contributed by atoms with van der Waals surface area (Å²) in [5.74, 6) is -0.613. The van der Waals surface area contributed by atoms with Crippen molar-refractivity contribution in [2.75, 3.05) is 11.9 Å². The minimum absolute atomic E-state index is 0.0278. The number of anilines is 1. The number of hydrogen-bond acceptors (Lipinski definition) is 6. The molecule has 3 rings (SSSR count). The van der Waals surface area contributed by atoms with Gasteiger partial charge in [-0.05, 0) is 33.8 Å². The SMILES string of the molecule is CC(C)Nc1cc(-c2cnn3cc(Cl)cnc23)ncc1C(=O)NC[C@@H](F)C(C)(C)OC(F)F. The molecule has 0 unspecified atom stereocenters. The van der Waals surface area contributed by atoms with Gasteiger partial charge in [-0.15, -0.1) is 0 Å². The molecule has 3 heterocycles. The van der Waals surface area contributed by atoms with Gasteiger partial charge in [-0.2, -0.15) is 13.9 Å². The highest BCUT2D eigenvalue weighted by atomic mass is 35.5. The molecule has 0 spiro atoms. The number of ether oxygens (including phenoxy) is 1. The third-order valence-corrected chi connectivity index (χ3v) is 4.98. The van der Waals surface area contributed by atoms with E-state index in [0.717, 1.165) is 0 Å². The zero-order chi connectivity index (χ0) is 24.3.